The first-order valence-electron chi connectivity index (χ1n) is 5.09. The standard InChI is InChI=1S/C10H18F2N2O/c1-13(2)10(5-4-6-10)7-14(3)9(15)8(11)12/h8H,4-7H2,1-3H3. The van der Waals surface area contributed by atoms with Crippen LogP contribution < -0.4 is 0 Å². The van der Waals surface area contributed by atoms with Gasteiger partial charge in [-0.05, 0) is 33.4 Å². The zero-order chi connectivity index (χ0) is 11.6. The Morgan fingerprint density at radius 1 is 1.33 bits per heavy atom. The normalized spacial score (nSPS) is 19.1. The van der Waals surface area contributed by atoms with Gasteiger partial charge < -0.3 is 9.80 Å². The van der Waals surface area contributed by atoms with Crippen molar-refractivity contribution in [2.75, 3.05) is 27.7 Å². The van der Waals surface area contributed by atoms with E-state index in [-0.39, 0.29) is 5.54 Å². The molecule has 1 amide bonds. The van der Waals surface area contributed by atoms with Crippen LogP contribution in [-0.2, 0) is 4.79 Å². The molecule has 0 N–H and O–H groups in total. The molecule has 1 fully saturated rings. The topological polar surface area (TPSA) is 23.6 Å². The molecular weight excluding hydrogens is 202 g/mol. The van der Waals surface area contributed by atoms with E-state index in [1.54, 1.807) is 0 Å². The molecule has 3 nitrogen and oxygen atoms in total. The van der Waals surface area contributed by atoms with Crippen LogP contribution in [0.1, 0.15) is 19.3 Å². The average molecular weight is 220 g/mol. The second kappa shape index (κ2) is 4.43. The van der Waals surface area contributed by atoms with E-state index in [2.05, 4.69) is 0 Å². The molecular formula is C10H18F2N2O. The number of halogens is 2. The summed E-state index contributed by atoms with van der Waals surface area (Å²) in [6, 6.07) is 0. The SMILES string of the molecule is CN(CC1(N(C)C)CCC1)C(=O)C(F)F. The first-order chi connectivity index (χ1) is 6.89. The summed E-state index contributed by atoms with van der Waals surface area (Å²) < 4.78 is 24.3. The van der Waals surface area contributed by atoms with Crippen molar-refractivity contribution in [3.05, 3.63) is 0 Å². The van der Waals surface area contributed by atoms with Crippen molar-refractivity contribution in [3.63, 3.8) is 0 Å². The number of carbonyl (C=O) groups excluding carboxylic acids is 1. The summed E-state index contributed by atoms with van der Waals surface area (Å²) in [6.45, 7) is 0.392. The number of carbonyl (C=O) groups is 1. The van der Waals surface area contributed by atoms with Crippen LogP contribution in [0.3, 0.4) is 0 Å². The largest absolute Gasteiger partial charge is 0.339 e. The number of likely N-dealkylation sites (N-methyl/N-ethyl adjacent to an activating group) is 2. The summed E-state index contributed by atoms with van der Waals surface area (Å²) in [5, 5.41) is 0. The van der Waals surface area contributed by atoms with Crippen LogP contribution in [-0.4, -0.2) is 55.4 Å². The maximum Gasteiger partial charge on any atom is 0.315 e. The van der Waals surface area contributed by atoms with Gasteiger partial charge in [-0.3, -0.25) is 4.79 Å². The predicted molar refractivity (Wildman–Crippen MR) is 53.9 cm³/mol. The molecule has 0 heterocycles. The molecule has 0 unspecified atom stereocenters. The highest BCUT2D eigenvalue weighted by Gasteiger charge is 2.41. The molecule has 88 valence electrons. The Hall–Kier alpha value is -0.710. The second-order valence-corrected chi connectivity index (χ2v) is 4.47. The lowest BCUT2D eigenvalue weighted by Gasteiger charge is -2.49. The van der Waals surface area contributed by atoms with Gasteiger partial charge >= 0.3 is 6.43 Å². The van der Waals surface area contributed by atoms with E-state index in [4.69, 9.17) is 0 Å². The Balaban J connectivity index is 2.56. The molecule has 1 aliphatic rings. The highest BCUT2D eigenvalue weighted by atomic mass is 19.3. The number of amides is 1. The number of rotatable bonds is 4. The van der Waals surface area contributed by atoms with Gasteiger partial charge in [0.05, 0.1) is 0 Å². The molecule has 0 saturated heterocycles. The summed E-state index contributed by atoms with van der Waals surface area (Å²) in [7, 11) is 5.30. The molecule has 5 heteroatoms. The quantitative estimate of drug-likeness (QED) is 0.710. The zero-order valence-corrected chi connectivity index (χ0v) is 9.46. The minimum Gasteiger partial charge on any atom is -0.339 e. The maximum atomic E-state index is 12.2. The lowest BCUT2D eigenvalue weighted by Crippen LogP contribution is -2.58. The highest BCUT2D eigenvalue weighted by Crippen LogP contribution is 2.36. The third-order valence-corrected chi connectivity index (χ3v) is 3.33. The van der Waals surface area contributed by atoms with Gasteiger partial charge in [0.1, 0.15) is 0 Å². The molecule has 15 heavy (non-hydrogen) atoms. The van der Waals surface area contributed by atoms with Crippen molar-refractivity contribution in [2.24, 2.45) is 0 Å². The van der Waals surface area contributed by atoms with Crippen molar-refractivity contribution in [1.29, 1.82) is 0 Å². The molecule has 0 aromatic heterocycles. The third-order valence-electron chi connectivity index (χ3n) is 3.33. The summed E-state index contributed by atoms with van der Waals surface area (Å²) in [6.07, 6.45) is 0.158. The number of hydrogen-bond acceptors (Lipinski definition) is 2. The number of nitrogens with zero attached hydrogens (tertiary/aromatic N) is 2. The fourth-order valence-corrected chi connectivity index (χ4v) is 2.02. The van der Waals surface area contributed by atoms with Gasteiger partial charge in [-0.15, -0.1) is 0 Å². The highest BCUT2D eigenvalue weighted by molar-refractivity contribution is 5.79. The van der Waals surface area contributed by atoms with E-state index in [9.17, 15) is 13.6 Å². The number of hydrogen-bond donors (Lipinski definition) is 0. The Bertz CT molecular complexity index is 240. The van der Waals surface area contributed by atoms with E-state index in [1.165, 1.54) is 7.05 Å². The second-order valence-electron chi connectivity index (χ2n) is 4.47. The lowest BCUT2D eigenvalue weighted by atomic mass is 9.75. The Labute approximate surface area is 89.0 Å². The van der Waals surface area contributed by atoms with Crippen LogP contribution in [0, 0.1) is 0 Å². The van der Waals surface area contributed by atoms with Gasteiger partial charge in [0.15, 0.2) is 0 Å². The molecule has 0 spiro atoms. The fourth-order valence-electron chi connectivity index (χ4n) is 2.02. The van der Waals surface area contributed by atoms with Crippen molar-refractivity contribution < 1.29 is 13.6 Å². The van der Waals surface area contributed by atoms with Gasteiger partial charge in [0, 0.05) is 19.1 Å². The molecule has 0 atom stereocenters. The summed E-state index contributed by atoms with van der Waals surface area (Å²) in [5.41, 5.74) is -0.0840. The Morgan fingerprint density at radius 3 is 2.13 bits per heavy atom. The van der Waals surface area contributed by atoms with E-state index in [1.807, 2.05) is 19.0 Å². The van der Waals surface area contributed by atoms with Crippen molar-refractivity contribution >= 4 is 5.91 Å². The first-order valence-corrected chi connectivity index (χ1v) is 5.09. The van der Waals surface area contributed by atoms with Crippen LogP contribution in [0.25, 0.3) is 0 Å². The minimum atomic E-state index is -2.89. The van der Waals surface area contributed by atoms with Gasteiger partial charge in [0.25, 0.3) is 5.91 Å². The van der Waals surface area contributed by atoms with Crippen molar-refractivity contribution in [3.8, 4) is 0 Å². The molecule has 0 aliphatic heterocycles. The molecule has 0 radical (unpaired) electrons. The summed E-state index contributed by atoms with van der Waals surface area (Å²) in [5.74, 6) is -1.08. The predicted octanol–water partition coefficient (Wildman–Crippen LogP) is 1.19. The van der Waals surface area contributed by atoms with Crippen LogP contribution in [0.2, 0.25) is 0 Å². The summed E-state index contributed by atoms with van der Waals surface area (Å²) in [4.78, 5) is 14.2. The van der Waals surface area contributed by atoms with Gasteiger partial charge in [0.2, 0.25) is 0 Å². The molecule has 0 bridgehead atoms. The van der Waals surface area contributed by atoms with Crippen LogP contribution in [0.4, 0.5) is 8.78 Å². The molecule has 0 aromatic rings. The first kappa shape index (κ1) is 12.4. The monoisotopic (exact) mass is 220 g/mol. The Kier molecular flexibility index (Phi) is 3.65. The smallest absolute Gasteiger partial charge is 0.315 e. The maximum absolute atomic E-state index is 12.2. The zero-order valence-electron chi connectivity index (χ0n) is 9.46. The average Bonchev–Trinajstić information content (AvgIpc) is 2.08. The van der Waals surface area contributed by atoms with Crippen molar-refractivity contribution in [2.45, 2.75) is 31.2 Å². The van der Waals surface area contributed by atoms with E-state index >= 15 is 0 Å². The third kappa shape index (κ3) is 2.45. The summed E-state index contributed by atoms with van der Waals surface area (Å²) >= 11 is 0. The lowest BCUT2D eigenvalue weighted by molar-refractivity contribution is -0.144. The van der Waals surface area contributed by atoms with Crippen LogP contribution >= 0.6 is 0 Å². The molecule has 1 aliphatic carbocycles. The fraction of sp³-hybridized carbons (Fsp3) is 0.900. The van der Waals surface area contributed by atoms with Crippen LogP contribution in [0.5, 0.6) is 0 Å². The molecule has 1 saturated carbocycles. The van der Waals surface area contributed by atoms with Gasteiger partial charge in [-0.1, -0.05) is 0 Å². The minimum absolute atomic E-state index is 0.0840. The Morgan fingerprint density at radius 2 is 1.87 bits per heavy atom. The van der Waals surface area contributed by atoms with E-state index in [0.29, 0.717) is 6.54 Å². The van der Waals surface area contributed by atoms with Crippen molar-refractivity contribution in [1.82, 2.24) is 9.80 Å². The molecule has 1 rings (SSSR count). The van der Waals surface area contributed by atoms with E-state index in [0.717, 1.165) is 24.2 Å². The van der Waals surface area contributed by atoms with Crippen LogP contribution in [0.15, 0.2) is 0 Å². The van der Waals surface area contributed by atoms with Gasteiger partial charge in [-0.2, -0.15) is 8.78 Å². The van der Waals surface area contributed by atoms with E-state index < -0.39 is 12.3 Å². The number of alkyl halides is 2. The molecule has 0 aromatic carbocycles. The van der Waals surface area contributed by atoms with Gasteiger partial charge in [-0.25, -0.2) is 0 Å².